The van der Waals surface area contributed by atoms with Gasteiger partial charge in [-0.15, -0.1) is 11.8 Å². The SMILES string of the molecule is Cc1ccc(S(=O)(=O)[C@H]2C(C)(C)[C@@]2(Sc2ccccc2)[Si](C)(C)C)cc1. The third-order valence-corrected chi connectivity index (χ3v) is 15.4. The summed E-state index contributed by atoms with van der Waals surface area (Å²) in [6.07, 6.45) is 0. The molecule has 1 aliphatic carbocycles. The van der Waals surface area contributed by atoms with Crippen LogP contribution < -0.4 is 0 Å². The molecule has 5 heteroatoms. The molecule has 140 valence electrons. The quantitative estimate of drug-likeness (QED) is 0.610. The minimum atomic E-state index is -3.39. The van der Waals surface area contributed by atoms with E-state index >= 15 is 0 Å². The van der Waals surface area contributed by atoms with E-state index in [-0.39, 0.29) is 15.0 Å². The minimum absolute atomic E-state index is 0.245. The van der Waals surface area contributed by atoms with Crippen LogP contribution in [-0.4, -0.2) is 26.1 Å². The number of thioether (sulfide) groups is 1. The van der Waals surface area contributed by atoms with Gasteiger partial charge in [-0.1, -0.05) is 69.4 Å². The number of hydrogen-bond donors (Lipinski definition) is 0. The number of hydrogen-bond acceptors (Lipinski definition) is 3. The van der Waals surface area contributed by atoms with Gasteiger partial charge in [0, 0.05) is 9.27 Å². The van der Waals surface area contributed by atoms with Crippen molar-refractivity contribution in [1.82, 2.24) is 0 Å². The maximum Gasteiger partial charge on any atom is 0.182 e. The van der Waals surface area contributed by atoms with Gasteiger partial charge in [0.15, 0.2) is 9.84 Å². The van der Waals surface area contributed by atoms with E-state index in [9.17, 15) is 8.42 Å². The summed E-state index contributed by atoms with van der Waals surface area (Å²) in [5.41, 5.74) is 0.816. The molecule has 0 amide bonds. The monoisotopic (exact) mass is 404 g/mol. The summed E-state index contributed by atoms with van der Waals surface area (Å²) in [7, 11) is -5.21. The van der Waals surface area contributed by atoms with Crippen LogP contribution in [0.3, 0.4) is 0 Å². The molecule has 1 fully saturated rings. The van der Waals surface area contributed by atoms with Gasteiger partial charge < -0.3 is 0 Å². The van der Waals surface area contributed by atoms with E-state index in [1.165, 1.54) is 0 Å². The minimum Gasteiger partial charge on any atom is -0.223 e. The van der Waals surface area contributed by atoms with Crippen LogP contribution in [0.5, 0.6) is 0 Å². The Kier molecular flexibility index (Phi) is 4.74. The van der Waals surface area contributed by atoms with Gasteiger partial charge in [-0.2, -0.15) is 0 Å². The molecule has 0 N–H and O–H groups in total. The lowest BCUT2D eigenvalue weighted by Gasteiger charge is -2.32. The van der Waals surface area contributed by atoms with E-state index in [4.69, 9.17) is 0 Å². The Labute approximate surface area is 163 Å². The fraction of sp³-hybridized carbons (Fsp3) is 0.429. The molecule has 2 nitrogen and oxygen atoms in total. The topological polar surface area (TPSA) is 34.1 Å². The second-order valence-corrected chi connectivity index (χ2v) is 17.9. The van der Waals surface area contributed by atoms with E-state index in [0.717, 1.165) is 10.5 Å². The van der Waals surface area contributed by atoms with Crippen molar-refractivity contribution < 1.29 is 8.42 Å². The Hall–Kier alpha value is -1.04. The first-order valence-electron chi connectivity index (χ1n) is 8.99. The van der Waals surface area contributed by atoms with Gasteiger partial charge >= 0.3 is 0 Å². The van der Waals surface area contributed by atoms with Crippen molar-refractivity contribution in [2.45, 2.75) is 59.8 Å². The molecule has 0 bridgehead atoms. The van der Waals surface area contributed by atoms with Crippen LogP contribution in [0.15, 0.2) is 64.4 Å². The summed E-state index contributed by atoms with van der Waals surface area (Å²) in [6, 6.07) is 17.6. The van der Waals surface area contributed by atoms with E-state index in [2.05, 4.69) is 45.6 Å². The average Bonchev–Trinajstić information content (AvgIpc) is 3.06. The highest BCUT2D eigenvalue weighted by molar-refractivity contribution is 8.05. The number of rotatable bonds is 5. The van der Waals surface area contributed by atoms with Crippen molar-refractivity contribution in [1.29, 1.82) is 0 Å². The van der Waals surface area contributed by atoms with Crippen LogP contribution in [-0.2, 0) is 9.84 Å². The largest absolute Gasteiger partial charge is 0.223 e. The lowest BCUT2D eigenvalue weighted by atomic mass is 10.2. The van der Waals surface area contributed by atoms with Crippen molar-refractivity contribution in [3.05, 3.63) is 60.2 Å². The van der Waals surface area contributed by atoms with Crippen LogP contribution in [0.1, 0.15) is 19.4 Å². The molecule has 1 aliphatic rings. The summed E-state index contributed by atoms with van der Waals surface area (Å²) in [5.74, 6) is 0. The second kappa shape index (κ2) is 6.25. The molecule has 0 aliphatic heterocycles. The maximum atomic E-state index is 13.6. The Balaban J connectivity index is 2.10. The number of benzene rings is 2. The zero-order valence-corrected chi connectivity index (χ0v) is 19.0. The van der Waals surface area contributed by atoms with E-state index < -0.39 is 17.9 Å². The Morgan fingerprint density at radius 3 is 1.96 bits per heavy atom. The molecular weight excluding hydrogens is 376 g/mol. The first kappa shape index (κ1) is 19.7. The molecule has 26 heavy (non-hydrogen) atoms. The summed E-state index contributed by atoms with van der Waals surface area (Å²) in [6.45, 7) is 13.2. The smallest absolute Gasteiger partial charge is 0.182 e. The Bertz CT molecular complexity index is 897. The molecule has 0 saturated heterocycles. The van der Waals surface area contributed by atoms with Gasteiger partial charge in [0.05, 0.1) is 18.2 Å². The van der Waals surface area contributed by atoms with Gasteiger partial charge in [0.25, 0.3) is 0 Å². The third kappa shape index (κ3) is 2.88. The van der Waals surface area contributed by atoms with Gasteiger partial charge in [-0.3, -0.25) is 0 Å². The molecule has 1 saturated carbocycles. The number of aryl methyl sites for hydroxylation is 1. The van der Waals surface area contributed by atoms with Gasteiger partial charge in [-0.05, 0) is 36.6 Å². The molecule has 2 atom stereocenters. The highest BCUT2D eigenvalue weighted by Gasteiger charge is 2.81. The molecule has 3 rings (SSSR count). The van der Waals surface area contributed by atoms with Crippen molar-refractivity contribution in [2.24, 2.45) is 5.41 Å². The lowest BCUT2D eigenvalue weighted by molar-refractivity contribution is 0.578. The molecular formula is C21H28O2S2Si. The number of sulfone groups is 1. The van der Waals surface area contributed by atoms with E-state index in [1.54, 1.807) is 23.9 Å². The molecule has 0 spiro atoms. The van der Waals surface area contributed by atoms with Gasteiger partial charge in [-0.25, -0.2) is 8.42 Å². The molecule has 2 aromatic carbocycles. The molecule has 0 radical (unpaired) electrons. The van der Waals surface area contributed by atoms with Crippen molar-refractivity contribution >= 4 is 29.7 Å². The Morgan fingerprint density at radius 2 is 1.46 bits per heavy atom. The van der Waals surface area contributed by atoms with Crippen molar-refractivity contribution in [3.8, 4) is 0 Å². The van der Waals surface area contributed by atoms with Crippen LogP contribution >= 0.6 is 11.8 Å². The van der Waals surface area contributed by atoms with E-state index in [1.807, 2.05) is 37.3 Å². The fourth-order valence-corrected chi connectivity index (χ4v) is 15.3. The summed E-state index contributed by atoms with van der Waals surface area (Å²) >= 11 is 1.79. The third-order valence-electron chi connectivity index (χ3n) is 5.69. The average molecular weight is 405 g/mol. The fourth-order valence-electron chi connectivity index (χ4n) is 4.52. The summed E-state index contributed by atoms with van der Waals surface area (Å²) in [4.78, 5) is 1.61. The summed E-state index contributed by atoms with van der Waals surface area (Å²) in [5, 5.41) is -0.359. The highest BCUT2D eigenvalue weighted by atomic mass is 32.2. The molecule has 0 heterocycles. The standard InChI is InChI=1S/C21H28O2S2Si/c1-16-12-14-18(15-13-16)25(22,23)19-20(2,3)21(19,26(4,5)6)24-17-10-8-7-9-11-17/h7-15,19H,1-6H3/t19-,21-/m0/s1. The maximum absolute atomic E-state index is 13.6. The zero-order valence-electron chi connectivity index (χ0n) is 16.4. The predicted molar refractivity (Wildman–Crippen MR) is 114 cm³/mol. The first-order chi connectivity index (χ1) is 11.9. The van der Waals surface area contributed by atoms with Crippen molar-refractivity contribution in [2.75, 3.05) is 0 Å². The predicted octanol–water partition coefficient (Wildman–Crippen LogP) is 5.59. The molecule has 2 aromatic rings. The first-order valence-corrected chi connectivity index (χ1v) is 14.9. The van der Waals surface area contributed by atoms with Gasteiger partial charge in [0.2, 0.25) is 0 Å². The van der Waals surface area contributed by atoms with Crippen LogP contribution in [0.25, 0.3) is 0 Å². The molecule has 0 aromatic heterocycles. The van der Waals surface area contributed by atoms with Crippen LogP contribution in [0.2, 0.25) is 19.6 Å². The highest BCUT2D eigenvalue weighted by Crippen LogP contribution is 2.72. The van der Waals surface area contributed by atoms with E-state index in [0.29, 0.717) is 4.90 Å². The van der Waals surface area contributed by atoms with Crippen LogP contribution in [0.4, 0.5) is 0 Å². The van der Waals surface area contributed by atoms with Gasteiger partial charge in [0.1, 0.15) is 0 Å². The normalized spacial score (nSPS) is 25.1. The lowest BCUT2D eigenvalue weighted by Crippen LogP contribution is -2.44. The second-order valence-electron chi connectivity index (χ2n) is 8.86. The zero-order chi connectivity index (χ0) is 19.4. The summed E-state index contributed by atoms with van der Waals surface area (Å²) < 4.78 is 26.9. The molecule has 0 unspecified atom stereocenters. The van der Waals surface area contributed by atoms with Crippen LogP contribution in [0, 0.1) is 12.3 Å². The Morgan fingerprint density at radius 1 is 0.923 bits per heavy atom. The van der Waals surface area contributed by atoms with Crippen molar-refractivity contribution in [3.63, 3.8) is 0 Å².